The number of carbonyl (C=O) groups is 2. The van der Waals surface area contributed by atoms with Crippen molar-refractivity contribution in [3.05, 3.63) is 15.8 Å². The van der Waals surface area contributed by atoms with Gasteiger partial charge in [-0.3, -0.25) is 9.69 Å². The van der Waals surface area contributed by atoms with Crippen molar-refractivity contribution in [3.8, 4) is 0 Å². The summed E-state index contributed by atoms with van der Waals surface area (Å²) in [5.41, 5.74) is 0.632. The summed E-state index contributed by atoms with van der Waals surface area (Å²) in [6, 6.07) is 1.65. The van der Waals surface area contributed by atoms with Gasteiger partial charge in [-0.05, 0) is 20.2 Å². The topological polar surface area (TPSA) is 58.6 Å². The Morgan fingerprint density at radius 2 is 2.31 bits per heavy atom. The molecule has 1 aromatic rings. The molecule has 1 aromatic heterocycles. The highest BCUT2D eigenvalue weighted by Gasteiger charge is 2.16. The second-order valence-corrected chi connectivity index (χ2v) is 4.50. The summed E-state index contributed by atoms with van der Waals surface area (Å²) in [6.07, 6.45) is 0.720. The van der Waals surface area contributed by atoms with Crippen LogP contribution in [0.3, 0.4) is 0 Å². The number of thiophene rings is 1. The molecule has 0 aromatic carbocycles. The maximum Gasteiger partial charge on any atom is 0.350 e. The van der Waals surface area contributed by atoms with Crippen molar-refractivity contribution in [3.63, 3.8) is 0 Å². The third-order valence-corrected chi connectivity index (χ3v) is 2.86. The number of nitrogens with zero attached hydrogens (tertiary/aromatic N) is 1. The van der Waals surface area contributed by atoms with Gasteiger partial charge in [0.25, 0.3) is 0 Å². The zero-order valence-electron chi connectivity index (χ0n) is 9.44. The number of ether oxygens (including phenoxy) is 1. The molecular formula is C10H14N2O3S. The molecule has 0 aliphatic heterocycles. The van der Waals surface area contributed by atoms with Crippen LogP contribution in [0.25, 0.3) is 0 Å². The quantitative estimate of drug-likeness (QED) is 0.479. The lowest BCUT2D eigenvalue weighted by atomic mass is 10.3. The average molecular weight is 242 g/mol. The van der Waals surface area contributed by atoms with E-state index >= 15 is 0 Å². The standard InChI is InChI=1S/C10H14N2O3S/c1-12(2)6-11-8-4-7(5-13)16-9(8)10(14)15-3/h4-5,11H,6H2,1-3H3. The largest absolute Gasteiger partial charge is 0.465 e. The number of methoxy groups -OCH3 is 1. The van der Waals surface area contributed by atoms with Gasteiger partial charge in [-0.15, -0.1) is 11.3 Å². The minimum absolute atomic E-state index is 0.423. The van der Waals surface area contributed by atoms with E-state index in [4.69, 9.17) is 0 Å². The number of anilines is 1. The molecule has 0 atom stereocenters. The van der Waals surface area contributed by atoms with Crippen molar-refractivity contribution in [1.82, 2.24) is 4.90 Å². The van der Waals surface area contributed by atoms with Crippen molar-refractivity contribution in [2.75, 3.05) is 33.2 Å². The third-order valence-electron chi connectivity index (χ3n) is 1.82. The molecule has 6 heteroatoms. The lowest BCUT2D eigenvalue weighted by molar-refractivity contribution is 0.0607. The van der Waals surface area contributed by atoms with Gasteiger partial charge in [0.05, 0.1) is 24.3 Å². The highest BCUT2D eigenvalue weighted by Crippen LogP contribution is 2.26. The highest BCUT2D eigenvalue weighted by atomic mass is 32.1. The maximum atomic E-state index is 11.4. The number of carbonyl (C=O) groups excluding carboxylic acids is 2. The first kappa shape index (κ1) is 12.7. The molecule has 1 N–H and O–H groups in total. The van der Waals surface area contributed by atoms with E-state index in [1.54, 1.807) is 6.07 Å². The first-order chi connectivity index (χ1) is 7.58. The Kier molecular flexibility index (Phi) is 4.45. The highest BCUT2D eigenvalue weighted by molar-refractivity contribution is 7.16. The van der Waals surface area contributed by atoms with Crippen LogP contribution >= 0.6 is 11.3 Å². The van der Waals surface area contributed by atoms with Gasteiger partial charge in [0.15, 0.2) is 6.29 Å². The number of rotatable bonds is 5. The molecule has 0 fully saturated rings. The van der Waals surface area contributed by atoms with E-state index in [2.05, 4.69) is 10.1 Å². The summed E-state index contributed by atoms with van der Waals surface area (Å²) in [7, 11) is 5.12. The molecule has 1 rings (SSSR count). The number of hydrogen-bond donors (Lipinski definition) is 1. The molecular weight excluding hydrogens is 228 g/mol. The minimum Gasteiger partial charge on any atom is -0.465 e. The van der Waals surface area contributed by atoms with Crippen LogP contribution in [0.5, 0.6) is 0 Å². The van der Waals surface area contributed by atoms with E-state index in [9.17, 15) is 9.59 Å². The molecule has 0 saturated heterocycles. The Morgan fingerprint density at radius 1 is 1.62 bits per heavy atom. The molecule has 0 saturated carbocycles. The van der Waals surface area contributed by atoms with Crippen LogP contribution in [0.2, 0.25) is 0 Å². The second kappa shape index (κ2) is 5.62. The fourth-order valence-electron chi connectivity index (χ4n) is 1.09. The lowest BCUT2D eigenvalue weighted by Crippen LogP contribution is -2.21. The molecule has 5 nitrogen and oxygen atoms in total. The first-order valence-electron chi connectivity index (χ1n) is 4.64. The van der Waals surface area contributed by atoms with E-state index in [1.165, 1.54) is 7.11 Å². The second-order valence-electron chi connectivity index (χ2n) is 3.42. The molecule has 0 amide bonds. The van der Waals surface area contributed by atoms with Crippen LogP contribution in [-0.4, -0.2) is 45.0 Å². The zero-order valence-corrected chi connectivity index (χ0v) is 10.3. The fraction of sp³-hybridized carbons (Fsp3) is 0.400. The van der Waals surface area contributed by atoms with Gasteiger partial charge in [-0.2, -0.15) is 0 Å². The monoisotopic (exact) mass is 242 g/mol. The van der Waals surface area contributed by atoms with Crippen molar-refractivity contribution in [2.45, 2.75) is 0 Å². The van der Waals surface area contributed by atoms with E-state index in [0.717, 1.165) is 17.6 Å². The summed E-state index contributed by atoms with van der Waals surface area (Å²) in [5, 5.41) is 3.06. The van der Waals surface area contributed by atoms with Crippen LogP contribution in [0, 0.1) is 0 Å². The number of nitrogens with one attached hydrogen (secondary N) is 1. The predicted molar refractivity (Wildman–Crippen MR) is 63.2 cm³/mol. The molecule has 0 radical (unpaired) electrons. The lowest BCUT2D eigenvalue weighted by Gasteiger charge is -2.11. The Bertz CT molecular complexity index is 387. The summed E-state index contributed by atoms with van der Waals surface area (Å²) in [5.74, 6) is -0.431. The van der Waals surface area contributed by atoms with E-state index < -0.39 is 5.97 Å². The summed E-state index contributed by atoms with van der Waals surface area (Å²) < 4.78 is 4.64. The fourth-order valence-corrected chi connectivity index (χ4v) is 1.96. The van der Waals surface area contributed by atoms with E-state index in [1.807, 2.05) is 19.0 Å². The van der Waals surface area contributed by atoms with Gasteiger partial charge in [0.1, 0.15) is 4.88 Å². The third kappa shape index (κ3) is 3.04. The molecule has 0 spiro atoms. The molecule has 88 valence electrons. The number of aldehydes is 1. The normalized spacial score (nSPS) is 10.2. The summed E-state index contributed by atoms with van der Waals surface area (Å²) >= 11 is 1.12. The Hall–Kier alpha value is -1.40. The minimum atomic E-state index is -0.431. The van der Waals surface area contributed by atoms with Gasteiger partial charge in [0.2, 0.25) is 0 Å². The predicted octanol–water partition coefficient (Wildman–Crippen LogP) is 1.28. The average Bonchev–Trinajstić information content (AvgIpc) is 2.68. The van der Waals surface area contributed by atoms with Gasteiger partial charge >= 0.3 is 5.97 Å². The van der Waals surface area contributed by atoms with Crippen LogP contribution in [-0.2, 0) is 4.74 Å². The number of esters is 1. The van der Waals surface area contributed by atoms with E-state index in [0.29, 0.717) is 22.1 Å². The van der Waals surface area contributed by atoms with E-state index in [-0.39, 0.29) is 0 Å². The van der Waals surface area contributed by atoms with Crippen molar-refractivity contribution < 1.29 is 14.3 Å². The Morgan fingerprint density at radius 3 is 2.81 bits per heavy atom. The maximum absolute atomic E-state index is 11.4. The van der Waals surface area contributed by atoms with Gasteiger partial charge in [0, 0.05) is 0 Å². The van der Waals surface area contributed by atoms with Crippen LogP contribution in [0.15, 0.2) is 6.07 Å². The van der Waals surface area contributed by atoms with Gasteiger partial charge < -0.3 is 10.1 Å². The van der Waals surface area contributed by atoms with Crippen LogP contribution < -0.4 is 5.32 Å². The molecule has 0 unspecified atom stereocenters. The Labute approximate surface area is 98.0 Å². The molecule has 1 heterocycles. The first-order valence-corrected chi connectivity index (χ1v) is 5.46. The van der Waals surface area contributed by atoms with Crippen molar-refractivity contribution >= 4 is 29.3 Å². The summed E-state index contributed by atoms with van der Waals surface area (Å²) in [4.78, 5) is 24.9. The van der Waals surface area contributed by atoms with Crippen LogP contribution in [0.4, 0.5) is 5.69 Å². The van der Waals surface area contributed by atoms with Gasteiger partial charge in [-0.1, -0.05) is 0 Å². The van der Waals surface area contributed by atoms with Crippen LogP contribution in [0.1, 0.15) is 19.3 Å². The summed E-state index contributed by atoms with van der Waals surface area (Å²) in [6.45, 7) is 0.582. The van der Waals surface area contributed by atoms with Crippen molar-refractivity contribution in [1.29, 1.82) is 0 Å². The zero-order chi connectivity index (χ0) is 12.1. The number of hydrogen-bond acceptors (Lipinski definition) is 6. The van der Waals surface area contributed by atoms with Crippen molar-refractivity contribution in [2.24, 2.45) is 0 Å². The molecule has 0 aliphatic carbocycles. The smallest absolute Gasteiger partial charge is 0.350 e. The molecule has 0 aliphatic rings. The Balaban J connectivity index is 2.91. The molecule has 16 heavy (non-hydrogen) atoms. The molecule has 0 bridgehead atoms. The van der Waals surface area contributed by atoms with Gasteiger partial charge in [-0.25, -0.2) is 4.79 Å². The SMILES string of the molecule is COC(=O)c1sc(C=O)cc1NCN(C)C.